The van der Waals surface area contributed by atoms with E-state index in [1.54, 1.807) is 30.3 Å². The summed E-state index contributed by atoms with van der Waals surface area (Å²) < 4.78 is 28.0. The Balaban J connectivity index is 1.22. The SMILES string of the molecule is C=C(C)c1cc(S(=O)(=O)N2CCCC2)ccc1-c1ccc(C[C@H](NC(=O)C2CCC(CN)CC2)C(=O)Nc2ccc3c(=O)[nH][nH]c3c2)cc1. The van der Waals surface area contributed by atoms with Crippen molar-refractivity contribution in [1.82, 2.24) is 19.8 Å². The van der Waals surface area contributed by atoms with Crippen molar-refractivity contribution in [3.8, 4) is 11.1 Å². The number of nitrogens with two attached hydrogens (primary N) is 1. The molecule has 6 rings (SSSR count). The normalized spacial score (nSPS) is 19.1. The number of amides is 2. The highest BCUT2D eigenvalue weighted by Gasteiger charge is 2.30. The lowest BCUT2D eigenvalue weighted by Gasteiger charge is -2.28. The maximum Gasteiger partial charge on any atom is 0.271 e. The van der Waals surface area contributed by atoms with Gasteiger partial charge in [-0.2, -0.15) is 4.31 Å². The van der Waals surface area contributed by atoms with Crippen molar-refractivity contribution < 1.29 is 18.0 Å². The molecule has 2 aliphatic rings. The van der Waals surface area contributed by atoms with E-state index in [4.69, 9.17) is 5.73 Å². The van der Waals surface area contributed by atoms with E-state index in [9.17, 15) is 22.8 Å². The summed E-state index contributed by atoms with van der Waals surface area (Å²) in [5.41, 5.74) is 10.7. The number of carbonyl (C=O) groups is 2. The molecule has 2 amide bonds. The smallest absolute Gasteiger partial charge is 0.271 e. The zero-order valence-electron chi connectivity index (χ0n) is 27.8. The first-order chi connectivity index (χ1) is 23.5. The van der Waals surface area contributed by atoms with Crippen molar-refractivity contribution >= 4 is 44.0 Å². The quantitative estimate of drug-likeness (QED) is 0.152. The van der Waals surface area contributed by atoms with Crippen molar-refractivity contribution in [3.63, 3.8) is 0 Å². The van der Waals surface area contributed by atoms with Crippen molar-refractivity contribution in [2.24, 2.45) is 17.6 Å². The number of nitrogens with zero attached hydrogens (tertiary/aromatic N) is 1. The van der Waals surface area contributed by atoms with Gasteiger partial charge in [-0.3, -0.25) is 24.6 Å². The first-order valence-electron chi connectivity index (χ1n) is 16.9. The van der Waals surface area contributed by atoms with Gasteiger partial charge in [0.1, 0.15) is 6.04 Å². The third-order valence-corrected chi connectivity index (χ3v) is 11.8. The molecule has 4 aromatic rings. The van der Waals surface area contributed by atoms with Gasteiger partial charge < -0.3 is 16.4 Å². The van der Waals surface area contributed by atoms with Crippen LogP contribution in [0, 0.1) is 11.8 Å². The second-order valence-electron chi connectivity index (χ2n) is 13.3. The van der Waals surface area contributed by atoms with E-state index in [2.05, 4.69) is 27.4 Å². The number of benzene rings is 3. The summed E-state index contributed by atoms with van der Waals surface area (Å²) in [6.07, 6.45) is 5.22. The zero-order valence-corrected chi connectivity index (χ0v) is 28.6. The Morgan fingerprint density at radius 3 is 2.37 bits per heavy atom. The molecular weight excluding hydrogens is 641 g/mol. The molecule has 11 nitrogen and oxygen atoms in total. The second-order valence-corrected chi connectivity index (χ2v) is 15.3. The van der Waals surface area contributed by atoms with Gasteiger partial charge in [-0.1, -0.05) is 42.5 Å². The average Bonchev–Trinajstić information content (AvgIpc) is 3.79. The summed E-state index contributed by atoms with van der Waals surface area (Å²) in [4.78, 5) is 39.3. The number of rotatable bonds is 11. The summed E-state index contributed by atoms with van der Waals surface area (Å²) in [5.74, 6) is -0.274. The summed E-state index contributed by atoms with van der Waals surface area (Å²) in [6, 6.07) is 17.0. The maximum atomic E-state index is 13.7. The molecule has 1 saturated heterocycles. The minimum Gasteiger partial charge on any atom is -0.344 e. The van der Waals surface area contributed by atoms with Crippen LogP contribution >= 0.6 is 0 Å². The Bertz CT molecular complexity index is 2020. The van der Waals surface area contributed by atoms with E-state index in [0.717, 1.165) is 66.4 Å². The number of sulfonamides is 1. The van der Waals surface area contributed by atoms with E-state index in [0.29, 0.717) is 42.1 Å². The van der Waals surface area contributed by atoms with E-state index in [1.807, 2.05) is 37.3 Å². The van der Waals surface area contributed by atoms with Gasteiger partial charge in [-0.15, -0.1) is 0 Å². The van der Waals surface area contributed by atoms with Crippen molar-refractivity contribution in [3.05, 3.63) is 88.7 Å². The number of hydrogen-bond acceptors (Lipinski definition) is 6. The molecule has 0 radical (unpaired) electrons. The molecule has 49 heavy (non-hydrogen) atoms. The molecule has 0 unspecified atom stereocenters. The third kappa shape index (κ3) is 7.56. The van der Waals surface area contributed by atoms with Crippen molar-refractivity contribution in [2.75, 3.05) is 25.0 Å². The first-order valence-corrected chi connectivity index (χ1v) is 18.4. The van der Waals surface area contributed by atoms with Crippen LogP contribution in [-0.2, 0) is 26.0 Å². The lowest BCUT2D eigenvalue weighted by Crippen LogP contribution is -2.48. The predicted octanol–water partition coefficient (Wildman–Crippen LogP) is 4.77. The minimum atomic E-state index is -3.58. The van der Waals surface area contributed by atoms with Crippen LogP contribution < -0.4 is 21.9 Å². The van der Waals surface area contributed by atoms with Gasteiger partial charge in [0.25, 0.3) is 5.56 Å². The van der Waals surface area contributed by atoms with Gasteiger partial charge in [0.15, 0.2) is 0 Å². The summed E-state index contributed by atoms with van der Waals surface area (Å²) in [7, 11) is -3.58. The lowest BCUT2D eigenvalue weighted by atomic mass is 9.81. The van der Waals surface area contributed by atoms with Gasteiger partial charge in [0, 0.05) is 31.1 Å². The maximum absolute atomic E-state index is 13.7. The van der Waals surface area contributed by atoms with Crippen LogP contribution in [0.3, 0.4) is 0 Å². The van der Waals surface area contributed by atoms with Gasteiger partial charge in [-0.05, 0) is 110 Å². The number of aromatic amines is 2. The molecule has 1 aliphatic carbocycles. The largest absolute Gasteiger partial charge is 0.344 e. The molecule has 1 aromatic heterocycles. The molecule has 12 heteroatoms. The summed E-state index contributed by atoms with van der Waals surface area (Å²) in [6.45, 7) is 7.66. The zero-order chi connectivity index (χ0) is 34.7. The fourth-order valence-electron chi connectivity index (χ4n) is 6.93. The van der Waals surface area contributed by atoms with Crippen LogP contribution in [0.25, 0.3) is 27.6 Å². The number of fused-ring (bicyclic) bond motifs is 1. The van der Waals surface area contributed by atoms with Gasteiger partial charge in [0.2, 0.25) is 21.8 Å². The Labute approximate surface area is 286 Å². The van der Waals surface area contributed by atoms with Crippen LogP contribution in [0.15, 0.2) is 76.9 Å². The van der Waals surface area contributed by atoms with Gasteiger partial charge in [0.05, 0.1) is 15.8 Å². The lowest BCUT2D eigenvalue weighted by molar-refractivity contribution is -0.130. The molecule has 3 aromatic carbocycles. The van der Waals surface area contributed by atoms with E-state index >= 15 is 0 Å². The highest BCUT2D eigenvalue weighted by Crippen LogP contribution is 2.33. The van der Waals surface area contributed by atoms with E-state index in [-0.39, 0.29) is 34.6 Å². The topological polar surface area (TPSA) is 170 Å². The molecule has 1 saturated carbocycles. The number of anilines is 1. The third-order valence-electron chi connectivity index (χ3n) is 9.88. The number of aromatic nitrogens is 2. The Morgan fingerprint density at radius 1 is 0.980 bits per heavy atom. The molecule has 0 spiro atoms. The Kier molecular flexibility index (Phi) is 10.2. The number of carbonyl (C=O) groups excluding carboxylic acids is 2. The fourth-order valence-corrected chi connectivity index (χ4v) is 8.47. The number of allylic oxidation sites excluding steroid dienone is 1. The highest BCUT2D eigenvalue weighted by molar-refractivity contribution is 7.89. The molecule has 6 N–H and O–H groups in total. The standard InChI is InChI=1S/C37H44N6O5S/c1-23(2)32-21-29(49(47,48)43-17-3-4-18-43)14-16-30(32)26-9-5-24(6-10-26)19-34(40-35(44)27-11-7-25(22-38)8-12-27)37(46)39-28-13-15-31-33(20-28)41-42-36(31)45/h5-6,9-10,13-16,20-21,25,27,34H,1,3-4,7-8,11-12,17-19,22,38H2,2H3,(H,39,46)(H,40,44)(H2,41,42,45)/t25?,27?,34-/m0/s1. The first kappa shape index (κ1) is 34.3. The highest BCUT2D eigenvalue weighted by atomic mass is 32.2. The van der Waals surface area contributed by atoms with E-state index < -0.39 is 16.1 Å². The molecule has 1 atom stereocenters. The summed E-state index contributed by atoms with van der Waals surface area (Å²) in [5, 5.41) is 11.8. The van der Waals surface area contributed by atoms with Crippen LogP contribution in [0.4, 0.5) is 5.69 Å². The predicted molar refractivity (Wildman–Crippen MR) is 192 cm³/mol. The van der Waals surface area contributed by atoms with Crippen molar-refractivity contribution in [1.29, 1.82) is 0 Å². The Hall–Kier alpha value is -4.52. The second kappa shape index (κ2) is 14.5. The van der Waals surface area contributed by atoms with Crippen LogP contribution in [0.1, 0.15) is 56.6 Å². The molecular formula is C37H44N6O5S. The number of nitrogens with one attached hydrogen (secondary N) is 4. The van der Waals surface area contributed by atoms with Crippen LogP contribution in [0.2, 0.25) is 0 Å². The minimum absolute atomic E-state index is 0.146. The fraction of sp³-hybridized carbons (Fsp3) is 0.378. The molecule has 2 heterocycles. The Morgan fingerprint density at radius 2 is 1.69 bits per heavy atom. The van der Waals surface area contributed by atoms with Crippen LogP contribution in [-0.4, -0.2) is 60.4 Å². The number of hydrogen-bond donors (Lipinski definition) is 5. The molecule has 258 valence electrons. The average molecular weight is 685 g/mol. The van der Waals surface area contributed by atoms with Gasteiger partial charge >= 0.3 is 0 Å². The molecule has 0 bridgehead atoms. The van der Waals surface area contributed by atoms with E-state index in [1.165, 1.54) is 4.31 Å². The monoisotopic (exact) mass is 684 g/mol. The molecule has 2 fully saturated rings. The van der Waals surface area contributed by atoms with Crippen LogP contribution in [0.5, 0.6) is 0 Å². The van der Waals surface area contributed by atoms with Gasteiger partial charge in [-0.25, -0.2) is 8.42 Å². The summed E-state index contributed by atoms with van der Waals surface area (Å²) >= 11 is 0. The molecule has 1 aliphatic heterocycles. The number of H-pyrrole nitrogens is 2. The van der Waals surface area contributed by atoms with Crippen molar-refractivity contribution in [2.45, 2.75) is 62.8 Å².